The molecular formula is C32H29NO5. The Kier molecular flexibility index (Phi) is 9.54. The van der Waals surface area contributed by atoms with Crippen molar-refractivity contribution in [3.05, 3.63) is 131 Å². The zero-order valence-electron chi connectivity index (χ0n) is 21.0. The number of benzene rings is 4. The average Bonchev–Trinajstić information content (AvgIpc) is 2.92. The molecule has 0 amide bonds. The summed E-state index contributed by atoms with van der Waals surface area (Å²) in [7, 11) is 0. The third-order valence-corrected chi connectivity index (χ3v) is 5.77. The highest BCUT2D eigenvalue weighted by Gasteiger charge is 2.15. The van der Waals surface area contributed by atoms with E-state index in [2.05, 4.69) is 5.32 Å². The number of nitrogens with one attached hydrogen (secondary N) is 1. The third kappa shape index (κ3) is 8.54. The fourth-order valence-corrected chi connectivity index (χ4v) is 3.89. The Morgan fingerprint density at radius 3 is 1.50 bits per heavy atom. The van der Waals surface area contributed by atoms with Gasteiger partial charge >= 0.3 is 11.9 Å². The van der Waals surface area contributed by atoms with Crippen molar-refractivity contribution in [2.75, 3.05) is 13.1 Å². The maximum absolute atomic E-state index is 13.0. The maximum Gasteiger partial charge on any atom is 0.315 e. The topological polar surface area (TPSA) is 81.7 Å². The predicted molar refractivity (Wildman–Crippen MR) is 145 cm³/mol. The van der Waals surface area contributed by atoms with Crippen LogP contribution in [0.4, 0.5) is 0 Å². The SMILES string of the molecule is O=C(Cc1ccccc1)Oc1cc(OC(=O)Cc2ccccc2)cc(C(=O)CNCCc2ccccc2)c1. The Balaban J connectivity index is 1.44. The number of ketones is 1. The summed E-state index contributed by atoms with van der Waals surface area (Å²) in [4.78, 5) is 38.1. The number of hydrogen-bond donors (Lipinski definition) is 1. The zero-order chi connectivity index (χ0) is 26.6. The van der Waals surface area contributed by atoms with Gasteiger partial charge in [0, 0.05) is 11.6 Å². The standard InChI is InChI=1S/C32H29NO5/c34-30(23-33-17-16-24-10-4-1-5-11-24)27-20-28(37-31(35)18-25-12-6-2-7-13-25)22-29(21-27)38-32(36)19-26-14-8-3-9-15-26/h1-15,20-22,33H,16-19,23H2. The Morgan fingerprint density at radius 1 is 0.579 bits per heavy atom. The molecule has 0 saturated heterocycles. The Labute approximate surface area is 222 Å². The minimum Gasteiger partial charge on any atom is -0.426 e. The molecule has 0 atom stereocenters. The van der Waals surface area contributed by atoms with E-state index in [1.165, 1.54) is 23.8 Å². The number of esters is 2. The summed E-state index contributed by atoms with van der Waals surface area (Å²) in [5.41, 5.74) is 3.07. The first-order valence-electron chi connectivity index (χ1n) is 12.5. The van der Waals surface area contributed by atoms with Crippen LogP contribution in [-0.2, 0) is 28.9 Å². The van der Waals surface area contributed by atoms with Gasteiger partial charge in [0.05, 0.1) is 19.4 Å². The maximum atomic E-state index is 13.0. The van der Waals surface area contributed by atoms with Crippen LogP contribution in [0.25, 0.3) is 0 Å². The molecule has 6 heteroatoms. The largest absolute Gasteiger partial charge is 0.426 e. The summed E-state index contributed by atoms with van der Waals surface area (Å²) in [5.74, 6) is -0.891. The van der Waals surface area contributed by atoms with Crippen molar-refractivity contribution in [3.63, 3.8) is 0 Å². The quantitative estimate of drug-likeness (QED) is 0.126. The molecule has 0 aliphatic heterocycles. The van der Waals surface area contributed by atoms with Gasteiger partial charge in [0.2, 0.25) is 0 Å². The molecule has 0 aromatic heterocycles. The van der Waals surface area contributed by atoms with Crippen molar-refractivity contribution in [2.24, 2.45) is 0 Å². The molecular weight excluding hydrogens is 478 g/mol. The monoisotopic (exact) mass is 507 g/mol. The second kappa shape index (κ2) is 13.7. The summed E-state index contributed by atoms with van der Waals surface area (Å²) in [6.07, 6.45) is 0.931. The molecule has 0 aliphatic rings. The van der Waals surface area contributed by atoms with Crippen LogP contribution < -0.4 is 14.8 Å². The third-order valence-electron chi connectivity index (χ3n) is 5.77. The molecule has 6 nitrogen and oxygen atoms in total. The Bertz CT molecular complexity index is 1280. The first-order valence-corrected chi connectivity index (χ1v) is 12.5. The average molecular weight is 508 g/mol. The van der Waals surface area contributed by atoms with Crippen molar-refractivity contribution in [2.45, 2.75) is 19.3 Å². The van der Waals surface area contributed by atoms with Gasteiger partial charge in [-0.25, -0.2) is 0 Å². The van der Waals surface area contributed by atoms with Crippen LogP contribution >= 0.6 is 0 Å². The molecule has 0 radical (unpaired) electrons. The van der Waals surface area contributed by atoms with E-state index in [-0.39, 0.29) is 42.2 Å². The lowest BCUT2D eigenvalue weighted by molar-refractivity contribution is -0.134. The highest BCUT2D eigenvalue weighted by atomic mass is 16.5. The summed E-state index contributed by atoms with van der Waals surface area (Å²) in [6, 6.07) is 32.9. The molecule has 4 aromatic rings. The fourth-order valence-electron chi connectivity index (χ4n) is 3.89. The van der Waals surface area contributed by atoms with Gasteiger partial charge in [-0.05, 0) is 41.8 Å². The molecule has 0 saturated carbocycles. The fraction of sp³-hybridized carbons (Fsp3) is 0.156. The molecule has 192 valence electrons. The highest BCUT2D eigenvalue weighted by molar-refractivity contribution is 5.98. The van der Waals surface area contributed by atoms with E-state index in [1.807, 2.05) is 91.0 Å². The molecule has 0 bridgehead atoms. The second-order valence-corrected chi connectivity index (χ2v) is 8.80. The first-order chi connectivity index (χ1) is 18.5. The van der Waals surface area contributed by atoms with Gasteiger partial charge in [0.15, 0.2) is 5.78 Å². The number of rotatable bonds is 12. The summed E-state index contributed by atoms with van der Waals surface area (Å²) >= 11 is 0. The zero-order valence-corrected chi connectivity index (χ0v) is 21.0. The molecule has 0 fully saturated rings. The van der Waals surface area contributed by atoms with Crippen LogP contribution in [0.15, 0.2) is 109 Å². The number of carbonyl (C=O) groups is 3. The molecule has 4 rings (SSSR count). The van der Waals surface area contributed by atoms with Crippen molar-refractivity contribution >= 4 is 17.7 Å². The smallest absolute Gasteiger partial charge is 0.315 e. The van der Waals surface area contributed by atoms with Gasteiger partial charge < -0.3 is 14.8 Å². The van der Waals surface area contributed by atoms with Gasteiger partial charge in [-0.1, -0.05) is 91.0 Å². The van der Waals surface area contributed by atoms with Gasteiger partial charge in [-0.3, -0.25) is 14.4 Å². The molecule has 0 aliphatic carbocycles. The molecule has 0 spiro atoms. The minimum absolute atomic E-state index is 0.0726. The van der Waals surface area contributed by atoms with Crippen molar-refractivity contribution in [1.82, 2.24) is 5.32 Å². The lowest BCUT2D eigenvalue weighted by Crippen LogP contribution is -2.25. The normalized spacial score (nSPS) is 10.5. The van der Waals surface area contributed by atoms with E-state index in [4.69, 9.17) is 9.47 Å². The minimum atomic E-state index is -0.483. The number of Topliss-reactive ketones (excluding diaryl/α,β-unsaturated/α-hetero) is 1. The van der Waals surface area contributed by atoms with E-state index in [0.717, 1.165) is 17.5 Å². The van der Waals surface area contributed by atoms with E-state index >= 15 is 0 Å². The van der Waals surface area contributed by atoms with Crippen molar-refractivity contribution in [3.8, 4) is 11.5 Å². The lowest BCUT2D eigenvalue weighted by Gasteiger charge is -2.11. The number of carbonyl (C=O) groups excluding carboxylic acids is 3. The predicted octanol–water partition coefficient (Wildman–Crippen LogP) is 5.00. The number of ether oxygens (including phenoxy) is 2. The van der Waals surface area contributed by atoms with Crippen LogP contribution in [-0.4, -0.2) is 30.8 Å². The van der Waals surface area contributed by atoms with E-state index in [1.54, 1.807) is 0 Å². The van der Waals surface area contributed by atoms with Crippen molar-refractivity contribution < 1.29 is 23.9 Å². The van der Waals surface area contributed by atoms with E-state index in [9.17, 15) is 14.4 Å². The highest BCUT2D eigenvalue weighted by Crippen LogP contribution is 2.24. The Morgan fingerprint density at radius 2 is 1.03 bits per heavy atom. The van der Waals surface area contributed by atoms with Gasteiger partial charge in [-0.15, -0.1) is 0 Å². The molecule has 0 unspecified atom stereocenters. The van der Waals surface area contributed by atoms with E-state index in [0.29, 0.717) is 6.54 Å². The summed E-state index contributed by atoms with van der Waals surface area (Å²) < 4.78 is 11.1. The summed E-state index contributed by atoms with van der Waals surface area (Å²) in [6.45, 7) is 0.714. The lowest BCUT2D eigenvalue weighted by atomic mass is 10.1. The van der Waals surface area contributed by atoms with Gasteiger partial charge in [0.25, 0.3) is 0 Å². The first kappa shape index (κ1) is 26.5. The van der Waals surface area contributed by atoms with Crippen LogP contribution in [0.1, 0.15) is 27.0 Å². The van der Waals surface area contributed by atoms with Crippen LogP contribution in [0, 0.1) is 0 Å². The molecule has 38 heavy (non-hydrogen) atoms. The molecule has 4 aromatic carbocycles. The van der Waals surface area contributed by atoms with Crippen LogP contribution in [0.2, 0.25) is 0 Å². The second-order valence-electron chi connectivity index (χ2n) is 8.80. The van der Waals surface area contributed by atoms with Crippen LogP contribution in [0.5, 0.6) is 11.5 Å². The Hall–Kier alpha value is -4.55. The van der Waals surface area contributed by atoms with E-state index < -0.39 is 11.9 Å². The number of hydrogen-bond acceptors (Lipinski definition) is 6. The van der Waals surface area contributed by atoms with Crippen molar-refractivity contribution in [1.29, 1.82) is 0 Å². The molecule has 0 heterocycles. The van der Waals surface area contributed by atoms with Gasteiger partial charge in [0.1, 0.15) is 11.5 Å². The molecule has 1 N–H and O–H groups in total. The van der Waals surface area contributed by atoms with Gasteiger partial charge in [-0.2, -0.15) is 0 Å². The van der Waals surface area contributed by atoms with Crippen LogP contribution in [0.3, 0.4) is 0 Å². The summed E-state index contributed by atoms with van der Waals surface area (Å²) in [5, 5.41) is 3.15.